The first-order valence-corrected chi connectivity index (χ1v) is 9.42. The van der Waals surface area contributed by atoms with E-state index in [1.165, 1.54) is 0 Å². The van der Waals surface area contributed by atoms with Crippen LogP contribution < -0.4 is 5.32 Å². The Morgan fingerprint density at radius 1 is 0.926 bits per heavy atom. The molecule has 2 aromatic rings. The summed E-state index contributed by atoms with van der Waals surface area (Å²) in [6, 6.07) is 15.3. The van der Waals surface area contributed by atoms with Gasteiger partial charge >= 0.3 is 0 Å². The number of nitrogens with zero attached hydrogens (tertiary/aromatic N) is 1. The summed E-state index contributed by atoms with van der Waals surface area (Å²) in [5.41, 5.74) is 1.63. The van der Waals surface area contributed by atoms with Crippen molar-refractivity contribution in [1.82, 2.24) is 10.2 Å². The highest BCUT2D eigenvalue weighted by Crippen LogP contribution is 2.26. The van der Waals surface area contributed by atoms with E-state index in [1.54, 1.807) is 24.3 Å². The van der Waals surface area contributed by atoms with Gasteiger partial charge < -0.3 is 5.32 Å². The zero-order valence-electron chi connectivity index (χ0n) is 15.5. The van der Waals surface area contributed by atoms with Crippen molar-refractivity contribution >= 4 is 17.7 Å². The zero-order chi connectivity index (χ0) is 19.2. The number of fused-ring (bicyclic) bond motifs is 1. The molecule has 0 fully saturated rings. The first-order valence-electron chi connectivity index (χ1n) is 9.42. The molecule has 1 aliphatic heterocycles. The molecule has 0 saturated carbocycles. The average molecular weight is 364 g/mol. The van der Waals surface area contributed by atoms with Gasteiger partial charge in [-0.15, -0.1) is 0 Å². The fourth-order valence-corrected chi connectivity index (χ4v) is 3.33. The lowest BCUT2D eigenvalue weighted by Crippen LogP contribution is -2.50. The van der Waals surface area contributed by atoms with Gasteiger partial charge in [0.2, 0.25) is 5.91 Å². The minimum absolute atomic E-state index is 0.288. The molecule has 1 aliphatic rings. The Labute approximate surface area is 159 Å². The first-order chi connectivity index (χ1) is 13.1. The molecule has 140 valence electrons. The molecule has 0 aromatic heterocycles. The third kappa shape index (κ3) is 4.08. The average Bonchev–Trinajstić information content (AvgIpc) is 2.95. The Kier molecular flexibility index (Phi) is 6.01. The molecule has 0 radical (unpaired) electrons. The number of rotatable bonds is 8. The van der Waals surface area contributed by atoms with Crippen molar-refractivity contribution in [2.45, 2.75) is 38.6 Å². The van der Waals surface area contributed by atoms with Gasteiger partial charge in [0.25, 0.3) is 11.8 Å². The van der Waals surface area contributed by atoms with Crippen molar-refractivity contribution in [2.75, 3.05) is 6.54 Å². The molecule has 0 bridgehead atoms. The van der Waals surface area contributed by atoms with Crippen molar-refractivity contribution < 1.29 is 14.4 Å². The SMILES string of the molecule is CCCCCNC(=O)[C@H](Cc1ccccc1)N1C(=O)c2ccccc2C1=O. The van der Waals surface area contributed by atoms with Gasteiger partial charge in [-0.3, -0.25) is 19.3 Å². The van der Waals surface area contributed by atoms with Crippen molar-refractivity contribution in [2.24, 2.45) is 0 Å². The van der Waals surface area contributed by atoms with Crippen LogP contribution in [0, 0.1) is 0 Å². The Hall–Kier alpha value is -2.95. The highest BCUT2D eigenvalue weighted by Gasteiger charge is 2.42. The molecule has 0 unspecified atom stereocenters. The second kappa shape index (κ2) is 8.62. The van der Waals surface area contributed by atoms with Gasteiger partial charge in [0.15, 0.2) is 0 Å². The number of benzene rings is 2. The molecule has 0 aliphatic carbocycles. The lowest BCUT2D eigenvalue weighted by molar-refractivity contribution is -0.125. The summed E-state index contributed by atoms with van der Waals surface area (Å²) < 4.78 is 0. The second-order valence-corrected chi connectivity index (χ2v) is 6.73. The molecule has 5 nitrogen and oxygen atoms in total. The predicted octanol–water partition coefficient (Wildman–Crippen LogP) is 3.20. The summed E-state index contributed by atoms with van der Waals surface area (Å²) in [7, 11) is 0. The third-order valence-electron chi connectivity index (χ3n) is 4.79. The van der Waals surface area contributed by atoms with Crippen LogP contribution in [0.5, 0.6) is 0 Å². The maximum Gasteiger partial charge on any atom is 0.262 e. The Bertz CT molecular complexity index is 797. The Morgan fingerprint density at radius 2 is 1.52 bits per heavy atom. The van der Waals surface area contributed by atoms with E-state index in [9.17, 15) is 14.4 Å². The summed E-state index contributed by atoms with van der Waals surface area (Å²) >= 11 is 0. The molecular weight excluding hydrogens is 340 g/mol. The summed E-state index contributed by atoms with van der Waals surface area (Å²) in [5, 5.41) is 2.90. The van der Waals surface area contributed by atoms with E-state index in [0.29, 0.717) is 24.1 Å². The normalized spacial score (nSPS) is 14.2. The van der Waals surface area contributed by atoms with Gasteiger partial charge in [0.1, 0.15) is 6.04 Å². The van der Waals surface area contributed by atoms with E-state index in [1.807, 2.05) is 30.3 Å². The van der Waals surface area contributed by atoms with Crippen LogP contribution >= 0.6 is 0 Å². The number of nitrogens with one attached hydrogen (secondary N) is 1. The van der Waals surface area contributed by atoms with Gasteiger partial charge in [-0.1, -0.05) is 62.2 Å². The van der Waals surface area contributed by atoms with E-state index < -0.39 is 17.9 Å². The van der Waals surface area contributed by atoms with Crippen LogP contribution in [0.2, 0.25) is 0 Å². The zero-order valence-corrected chi connectivity index (χ0v) is 15.5. The van der Waals surface area contributed by atoms with Gasteiger partial charge in [-0.25, -0.2) is 0 Å². The van der Waals surface area contributed by atoms with Crippen molar-refractivity contribution in [3.8, 4) is 0 Å². The molecule has 3 amide bonds. The minimum atomic E-state index is -0.860. The van der Waals surface area contributed by atoms with Crippen LogP contribution in [0.15, 0.2) is 54.6 Å². The monoisotopic (exact) mass is 364 g/mol. The van der Waals surface area contributed by atoms with Gasteiger partial charge in [-0.05, 0) is 24.1 Å². The topological polar surface area (TPSA) is 66.5 Å². The summed E-state index contributed by atoms with van der Waals surface area (Å²) in [6.45, 7) is 2.64. The van der Waals surface area contributed by atoms with E-state index in [4.69, 9.17) is 0 Å². The molecule has 5 heteroatoms. The van der Waals surface area contributed by atoms with E-state index in [0.717, 1.165) is 29.7 Å². The van der Waals surface area contributed by atoms with Crippen LogP contribution in [0.1, 0.15) is 52.5 Å². The number of amides is 3. The maximum atomic E-state index is 12.9. The lowest BCUT2D eigenvalue weighted by Gasteiger charge is -2.25. The number of hydrogen-bond donors (Lipinski definition) is 1. The number of imide groups is 1. The van der Waals surface area contributed by atoms with E-state index >= 15 is 0 Å². The van der Waals surface area contributed by atoms with Crippen molar-refractivity contribution in [1.29, 1.82) is 0 Å². The largest absolute Gasteiger partial charge is 0.354 e. The lowest BCUT2D eigenvalue weighted by atomic mass is 10.0. The smallest absolute Gasteiger partial charge is 0.262 e. The molecule has 0 saturated heterocycles. The van der Waals surface area contributed by atoms with Crippen molar-refractivity contribution in [3.63, 3.8) is 0 Å². The number of carbonyl (C=O) groups is 3. The van der Waals surface area contributed by atoms with Crippen LogP contribution in [0.3, 0.4) is 0 Å². The second-order valence-electron chi connectivity index (χ2n) is 6.73. The molecule has 1 N–H and O–H groups in total. The molecule has 2 aromatic carbocycles. The molecule has 3 rings (SSSR count). The van der Waals surface area contributed by atoms with Gasteiger partial charge in [-0.2, -0.15) is 0 Å². The van der Waals surface area contributed by atoms with Crippen LogP contribution in [0.4, 0.5) is 0 Å². The number of hydrogen-bond acceptors (Lipinski definition) is 3. The highest BCUT2D eigenvalue weighted by molar-refractivity contribution is 6.22. The summed E-state index contributed by atoms with van der Waals surface area (Å²) in [5.74, 6) is -1.09. The maximum absolute atomic E-state index is 12.9. The van der Waals surface area contributed by atoms with E-state index in [-0.39, 0.29) is 5.91 Å². The third-order valence-corrected chi connectivity index (χ3v) is 4.79. The van der Waals surface area contributed by atoms with Crippen LogP contribution in [-0.2, 0) is 11.2 Å². The fraction of sp³-hybridized carbons (Fsp3) is 0.318. The molecule has 27 heavy (non-hydrogen) atoms. The number of carbonyl (C=O) groups excluding carboxylic acids is 3. The minimum Gasteiger partial charge on any atom is -0.354 e. The van der Waals surface area contributed by atoms with Gasteiger partial charge in [0.05, 0.1) is 11.1 Å². The van der Waals surface area contributed by atoms with Gasteiger partial charge in [0, 0.05) is 13.0 Å². The number of unbranched alkanes of at least 4 members (excludes halogenated alkanes) is 2. The standard InChI is InChI=1S/C22H24N2O3/c1-2-3-9-14-23-20(25)19(15-16-10-5-4-6-11-16)24-21(26)17-12-7-8-13-18(17)22(24)27/h4-8,10-13,19H,2-3,9,14-15H2,1H3,(H,23,25)/t19-/m0/s1. The molecule has 1 atom stereocenters. The Balaban J connectivity index is 1.84. The quantitative estimate of drug-likeness (QED) is 0.578. The summed E-state index contributed by atoms with van der Waals surface area (Å²) in [4.78, 5) is 39.7. The highest BCUT2D eigenvalue weighted by atomic mass is 16.2. The van der Waals surface area contributed by atoms with E-state index in [2.05, 4.69) is 12.2 Å². The van der Waals surface area contributed by atoms with Crippen LogP contribution in [0.25, 0.3) is 0 Å². The Morgan fingerprint density at radius 3 is 2.11 bits per heavy atom. The summed E-state index contributed by atoms with van der Waals surface area (Å²) in [6.07, 6.45) is 3.26. The first kappa shape index (κ1) is 18.8. The molecule has 1 heterocycles. The molecule has 0 spiro atoms. The fourth-order valence-electron chi connectivity index (χ4n) is 3.33. The van der Waals surface area contributed by atoms with Crippen molar-refractivity contribution in [3.05, 3.63) is 71.3 Å². The predicted molar refractivity (Wildman–Crippen MR) is 103 cm³/mol. The molecular formula is C22H24N2O3. The van der Waals surface area contributed by atoms with Crippen LogP contribution in [-0.4, -0.2) is 35.2 Å².